The van der Waals surface area contributed by atoms with Gasteiger partial charge in [-0.2, -0.15) is 4.72 Å². The first-order valence-electron chi connectivity index (χ1n) is 8.03. The Bertz CT molecular complexity index is 903. The molecule has 0 saturated heterocycles. The minimum Gasteiger partial charge on any atom is -0.454 e. The summed E-state index contributed by atoms with van der Waals surface area (Å²) in [6.07, 6.45) is 0. The molecule has 7 nitrogen and oxygen atoms in total. The Morgan fingerprint density at radius 3 is 2.48 bits per heavy atom. The van der Waals surface area contributed by atoms with Crippen LogP contribution in [0.3, 0.4) is 0 Å². The van der Waals surface area contributed by atoms with Gasteiger partial charge in [-0.15, -0.1) is 0 Å². The summed E-state index contributed by atoms with van der Waals surface area (Å²) >= 11 is 5.78. The molecule has 2 N–H and O–H groups in total. The Morgan fingerprint density at radius 2 is 1.81 bits per heavy atom. The summed E-state index contributed by atoms with van der Waals surface area (Å²) in [5, 5.41) is 2.86. The molecule has 1 amide bonds. The Kier molecular flexibility index (Phi) is 7.35. The largest absolute Gasteiger partial charge is 0.454 e. The van der Waals surface area contributed by atoms with Crippen LogP contribution in [0, 0.1) is 0 Å². The summed E-state index contributed by atoms with van der Waals surface area (Å²) in [5.74, 6) is -1.35. The SMILES string of the molecule is C[C@H](NS(=O)(=O)c1cccc(Cl)c1)C(=O)OCC(=O)NCc1ccccc1. The molecule has 1 atom stereocenters. The maximum Gasteiger partial charge on any atom is 0.324 e. The third kappa shape index (κ3) is 6.67. The van der Waals surface area contributed by atoms with Crippen LogP contribution in [0.15, 0.2) is 59.5 Å². The van der Waals surface area contributed by atoms with Gasteiger partial charge in [-0.3, -0.25) is 9.59 Å². The molecule has 0 unspecified atom stereocenters. The average Bonchev–Trinajstić information content (AvgIpc) is 2.65. The van der Waals surface area contributed by atoms with Crippen LogP contribution in [0.2, 0.25) is 5.02 Å². The zero-order chi connectivity index (χ0) is 19.9. The minimum absolute atomic E-state index is 0.0738. The van der Waals surface area contributed by atoms with E-state index in [0.717, 1.165) is 5.56 Å². The van der Waals surface area contributed by atoms with Crippen molar-refractivity contribution < 1.29 is 22.7 Å². The Labute approximate surface area is 162 Å². The van der Waals surface area contributed by atoms with Crippen LogP contribution < -0.4 is 10.0 Å². The predicted octanol–water partition coefficient (Wildman–Crippen LogP) is 1.87. The van der Waals surface area contributed by atoms with Crippen LogP contribution in [0.5, 0.6) is 0 Å². The fraction of sp³-hybridized carbons (Fsp3) is 0.222. The summed E-state index contributed by atoms with van der Waals surface area (Å²) in [7, 11) is -3.95. The van der Waals surface area contributed by atoms with Crippen molar-refractivity contribution >= 4 is 33.5 Å². The zero-order valence-corrected chi connectivity index (χ0v) is 16.1. The van der Waals surface area contributed by atoms with Gasteiger partial charge in [-0.25, -0.2) is 8.42 Å². The first kappa shape index (κ1) is 20.9. The van der Waals surface area contributed by atoms with E-state index >= 15 is 0 Å². The number of halogens is 1. The highest BCUT2D eigenvalue weighted by Crippen LogP contribution is 2.15. The Hall–Kier alpha value is -2.42. The number of carbonyl (C=O) groups excluding carboxylic acids is 2. The molecule has 0 spiro atoms. The van der Waals surface area contributed by atoms with E-state index in [2.05, 4.69) is 10.0 Å². The van der Waals surface area contributed by atoms with Crippen molar-refractivity contribution in [3.63, 3.8) is 0 Å². The highest BCUT2D eigenvalue weighted by molar-refractivity contribution is 7.89. The minimum atomic E-state index is -3.95. The molecule has 0 aromatic heterocycles. The van der Waals surface area contributed by atoms with Crippen molar-refractivity contribution in [3.8, 4) is 0 Å². The second kappa shape index (κ2) is 9.50. The molecule has 2 aromatic carbocycles. The second-order valence-corrected chi connectivity index (χ2v) is 7.82. The number of hydrogen-bond donors (Lipinski definition) is 2. The van der Waals surface area contributed by atoms with E-state index in [1.54, 1.807) is 0 Å². The number of hydrogen-bond acceptors (Lipinski definition) is 5. The molecule has 0 radical (unpaired) electrons. The number of benzene rings is 2. The van der Waals surface area contributed by atoms with Crippen molar-refractivity contribution in [3.05, 3.63) is 65.2 Å². The van der Waals surface area contributed by atoms with Crippen molar-refractivity contribution in [1.29, 1.82) is 0 Å². The fourth-order valence-electron chi connectivity index (χ4n) is 2.09. The van der Waals surface area contributed by atoms with E-state index in [-0.39, 0.29) is 9.92 Å². The maximum atomic E-state index is 12.2. The molecule has 0 saturated carbocycles. The van der Waals surface area contributed by atoms with Gasteiger partial charge in [0.15, 0.2) is 6.61 Å². The van der Waals surface area contributed by atoms with E-state index in [1.807, 2.05) is 30.3 Å². The molecule has 0 aliphatic heterocycles. The first-order chi connectivity index (χ1) is 12.8. The summed E-state index contributed by atoms with van der Waals surface area (Å²) in [6.45, 7) is 1.12. The lowest BCUT2D eigenvalue weighted by Crippen LogP contribution is -2.40. The number of ether oxygens (including phenoxy) is 1. The number of amides is 1. The summed E-state index contributed by atoms with van der Waals surface area (Å²) in [5.41, 5.74) is 0.903. The van der Waals surface area contributed by atoms with Gasteiger partial charge in [0.25, 0.3) is 5.91 Å². The standard InChI is InChI=1S/C18H19ClN2O5S/c1-13(21-27(24,25)16-9-5-8-15(19)10-16)18(23)26-12-17(22)20-11-14-6-3-2-4-7-14/h2-10,13,21H,11-12H2,1H3,(H,20,22)/t13-/m0/s1. The van der Waals surface area contributed by atoms with Crippen molar-refractivity contribution in [2.75, 3.05) is 6.61 Å². The number of carbonyl (C=O) groups is 2. The van der Waals surface area contributed by atoms with Crippen LogP contribution in [0.4, 0.5) is 0 Å². The number of sulfonamides is 1. The third-order valence-electron chi connectivity index (χ3n) is 3.47. The molecular weight excluding hydrogens is 392 g/mol. The van der Waals surface area contributed by atoms with Gasteiger partial charge in [0.2, 0.25) is 10.0 Å². The lowest BCUT2D eigenvalue weighted by atomic mass is 10.2. The lowest BCUT2D eigenvalue weighted by Gasteiger charge is -2.14. The Balaban J connectivity index is 1.82. The topological polar surface area (TPSA) is 102 Å². The van der Waals surface area contributed by atoms with Crippen LogP contribution >= 0.6 is 11.6 Å². The summed E-state index contributed by atoms with van der Waals surface area (Å²) in [6, 6.07) is 13.7. The van der Waals surface area contributed by atoms with E-state index < -0.39 is 34.5 Å². The predicted molar refractivity (Wildman–Crippen MR) is 100 cm³/mol. The highest BCUT2D eigenvalue weighted by atomic mass is 35.5. The van der Waals surface area contributed by atoms with Gasteiger partial charge in [0, 0.05) is 11.6 Å². The van der Waals surface area contributed by atoms with Gasteiger partial charge >= 0.3 is 5.97 Å². The average molecular weight is 411 g/mol. The summed E-state index contributed by atoms with van der Waals surface area (Å²) in [4.78, 5) is 23.6. The molecule has 144 valence electrons. The molecule has 0 heterocycles. The van der Waals surface area contributed by atoms with Gasteiger partial charge in [-0.05, 0) is 30.7 Å². The number of esters is 1. The van der Waals surface area contributed by atoms with Gasteiger partial charge in [0.05, 0.1) is 4.90 Å². The lowest BCUT2D eigenvalue weighted by molar-refractivity contribution is -0.149. The molecule has 0 aliphatic carbocycles. The first-order valence-corrected chi connectivity index (χ1v) is 9.89. The van der Waals surface area contributed by atoms with Crippen LogP contribution in [-0.2, 0) is 30.9 Å². The fourth-order valence-corrected chi connectivity index (χ4v) is 3.58. The van der Waals surface area contributed by atoms with E-state index in [1.165, 1.54) is 31.2 Å². The van der Waals surface area contributed by atoms with Crippen molar-refractivity contribution in [2.45, 2.75) is 24.4 Å². The van der Waals surface area contributed by atoms with Crippen molar-refractivity contribution in [2.24, 2.45) is 0 Å². The van der Waals surface area contributed by atoms with Crippen LogP contribution in [0.1, 0.15) is 12.5 Å². The molecule has 2 aromatic rings. The zero-order valence-electron chi connectivity index (χ0n) is 14.5. The molecule has 0 fully saturated rings. The quantitative estimate of drug-likeness (QED) is 0.647. The highest BCUT2D eigenvalue weighted by Gasteiger charge is 2.23. The van der Waals surface area contributed by atoms with Crippen LogP contribution in [-0.4, -0.2) is 32.9 Å². The Morgan fingerprint density at radius 1 is 1.11 bits per heavy atom. The van der Waals surface area contributed by atoms with E-state index in [4.69, 9.17) is 16.3 Å². The molecule has 0 aliphatic rings. The van der Waals surface area contributed by atoms with Gasteiger partial charge in [0.1, 0.15) is 6.04 Å². The smallest absolute Gasteiger partial charge is 0.324 e. The van der Waals surface area contributed by atoms with Crippen LogP contribution in [0.25, 0.3) is 0 Å². The summed E-state index contributed by atoms with van der Waals surface area (Å²) < 4.78 is 31.5. The van der Waals surface area contributed by atoms with E-state index in [9.17, 15) is 18.0 Å². The van der Waals surface area contributed by atoms with Gasteiger partial charge < -0.3 is 10.1 Å². The van der Waals surface area contributed by atoms with Gasteiger partial charge in [-0.1, -0.05) is 48.0 Å². The van der Waals surface area contributed by atoms with Crippen molar-refractivity contribution in [1.82, 2.24) is 10.0 Å². The molecule has 9 heteroatoms. The number of nitrogens with one attached hydrogen (secondary N) is 2. The molecule has 0 bridgehead atoms. The van der Waals surface area contributed by atoms with E-state index in [0.29, 0.717) is 6.54 Å². The second-order valence-electron chi connectivity index (χ2n) is 5.67. The molecular formula is C18H19ClN2O5S. The molecule has 2 rings (SSSR count). The number of rotatable bonds is 8. The third-order valence-corrected chi connectivity index (χ3v) is 5.24. The molecule has 27 heavy (non-hydrogen) atoms. The monoisotopic (exact) mass is 410 g/mol. The normalized spacial score (nSPS) is 12.2. The maximum absolute atomic E-state index is 12.2.